The number of benzene rings is 3. The number of amides is 1. The van der Waals surface area contributed by atoms with Crippen molar-refractivity contribution in [1.82, 2.24) is 9.88 Å². The summed E-state index contributed by atoms with van der Waals surface area (Å²) in [5, 5.41) is 0.713. The maximum atomic E-state index is 13.5. The van der Waals surface area contributed by atoms with E-state index in [0.29, 0.717) is 47.5 Å². The van der Waals surface area contributed by atoms with Gasteiger partial charge in [-0.15, -0.1) is 0 Å². The van der Waals surface area contributed by atoms with Gasteiger partial charge >= 0.3 is 0 Å². The van der Waals surface area contributed by atoms with Crippen molar-refractivity contribution in [2.75, 3.05) is 37.7 Å². The molecule has 0 unspecified atom stereocenters. The molecule has 35 heavy (non-hydrogen) atoms. The van der Waals surface area contributed by atoms with Crippen LogP contribution in [0.1, 0.15) is 17.3 Å². The first-order valence-corrected chi connectivity index (χ1v) is 12.1. The van der Waals surface area contributed by atoms with Crippen LogP contribution in [0.2, 0.25) is 5.02 Å². The van der Waals surface area contributed by atoms with Gasteiger partial charge in [-0.05, 0) is 61.5 Å². The van der Waals surface area contributed by atoms with E-state index < -0.39 is 0 Å². The second kappa shape index (κ2) is 10.2. The third-order valence-corrected chi connectivity index (χ3v) is 6.32. The Morgan fingerprint density at radius 3 is 2.51 bits per heavy atom. The lowest BCUT2D eigenvalue weighted by Crippen LogP contribution is -2.48. The van der Waals surface area contributed by atoms with Gasteiger partial charge in [-0.2, -0.15) is 0 Å². The maximum absolute atomic E-state index is 13.5. The zero-order valence-corrected chi connectivity index (χ0v) is 20.2. The first kappa shape index (κ1) is 23.0. The summed E-state index contributed by atoms with van der Waals surface area (Å²) < 4.78 is 11.6. The van der Waals surface area contributed by atoms with Gasteiger partial charge in [0.1, 0.15) is 5.75 Å². The van der Waals surface area contributed by atoms with Crippen LogP contribution in [0.5, 0.6) is 5.75 Å². The van der Waals surface area contributed by atoms with Crippen molar-refractivity contribution in [2.45, 2.75) is 6.92 Å². The molecule has 1 saturated heterocycles. The van der Waals surface area contributed by atoms with E-state index in [2.05, 4.69) is 9.88 Å². The zero-order valence-electron chi connectivity index (χ0n) is 19.5. The minimum atomic E-state index is -0.0211. The van der Waals surface area contributed by atoms with E-state index in [-0.39, 0.29) is 5.91 Å². The normalized spacial score (nSPS) is 13.7. The van der Waals surface area contributed by atoms with E-state index in [1.165, 1.54) is 0 Å². The Morgan fingerprint density at radius 1 is 1.00 bits per heavy atom. The molecule has 1 aromatic heterocycles. The predicted molar refractivity (Wildman–Crippen MR) is 138 cm³/mol. The van der Waals surface area contributed by atoms with Gasteiger partial charge in [0.05, 0.1) is 18.4 Å². The summed E-state index contributed by atoms with van der Waals surface area (Å²) in [6, 6.07) is 23.0. The molecular formula is C28H26ClN3O3. The topological polar surface area (TPSA) is 58.8 Å². The number of anilines is 1. The van der Waals surface area contributed by atoms with Crippen molar-refractivity contribution < 1.29 is 13.9 Å². The molecule has 3 aromatic carbocycles. The van der Waals surface area contributed by atoms with Gasteiger partial charge in [0.25, 0.3) is 5.91 Å². The van der Waals surface area contributed by atoms with Crippen molar-refractivity contribution in [3.63, 3.8) is 0 Å². The average Bonchev–Trinajstić information content (AvgIpc) is 3.39. The molecule has 1 amide bonds. The van der Waals surface area contributed by atoms with Crippen molar-refractivity contribution in [3.8, 4) is 28.5 Å². The van der Waals surface area contributed by atoms with Crippen LogP contribution < -0.4 is 9.64 Å². The predicted octanol–water partition coefficient (Wildman–Crippen LogP) is 6.02. The molecule has 7 heteroatoms. The summed E-state index contributed by atoms with van der Waals surface area (Å²) in [4.78, 5) is 22.1. The van der Waals surface area contributed by atoms with Crippen molar-refractivity contribution in [3.05, 3.63) is 89.6 Å². The third kappa shape index (κ3) is 5.03. The molecular weight excluding hydrogens is 462 g/mol. The molecule has 0 radical (unpaired) electrons. The Kier molecular flexibility index (Phi) is 6.73. The van der Waals surface area contributed by atoms with Crippen LogP contribution in [-0.2, 0) is 0 Å². The van der Waals surface area contributed by atoms with Crippen LogP contribution in [0.25, 0.3) is 22.8 Å². The summed E-state index contributed by atoms with van der Waals surface area (Å²) >= 11 is 6.15. The number of nitrogens with zero attached hydrogens (tertiary/aromatic N) is 3. The lowest BCUT2D eigenvalue weighted by molar-refractivity contribution is 0.0747. The molecule has 1 fully saturated rings. The van der Waals surface area contributed by atoms with Crippen LogP contribution in [0.4, 0.5) is 5.69 Å². The van der Waals surface area contributed by atoms with E-state index in [0.717, 1.165) is 30.1 Å². The maximum Gasteiger partial charge on any atom is 0.254 e. The summed E-state index contributed by atoms with van der Waals surface area (Å²) in [5.74, 6) is 1.85. The number of piperazine rings is 1. The van der Waals surface area contributed by atoms with Gasteiger partial charge in [-0.1, -0.05) is 29.8 Å². The standard InChI is InChI=1S/C28H26ClN3O3/c1-2-34-23-12-10-20(11-13-23)26-19-30-27(35-26)24-8-3-4-9-25(24)28(33)32-16-14-31(15-17-32)22-7-5-6-21(29)18-22/h3-13,18-19H,2,14-17H2,1H3. The van der Waals surface area contributed by atoms with E-state index in [1.807, 2.05) is 84.6 Å². The summed E-state index contributed by atoms with van der Waals surface area (Å²) in [7, 11) is 0. The molecule has 6 nitrogen and oxygen atoms in total. The fourth-order valence-electron chi connectivity index (χ4n) is 4.28. The Balaban J connectivity index is 1.32. The van der Waals surface area contributed by atoms with E-state index in [1.54, 1.807) is 6.20 Å². The van der Waals surface area contributed by atoms with Gasteiger partial charge in [0.2, 0.25) is 5.89 Å². The first-order valence-electron chi connectivity index (χ1n) is 11.7. The largest absolute Gasteiger partial charge is 0.494 e. The molecule has 0 saturated carbocycles. The molecule has 0 atom stereocenters. The van der Waals surface area contributed by atoms with Crippen molar-refractivity contribution in [2.24, 2.45) is 0 Å². The number of rotatable bonds is 6. The SMILES string of the molecule is CCOc1ccc(-c2cnc(-c3ccccc3C(=O)N3CCN(c4cccc(Cl)c4)CC3)o2)cc1. The number of carbonyl (C=O) groups excluding carboxylic acids is 1. The van der Waals surface area contributed by atoms with Gasteiger partial charge in [0, 0.05) is 48.0 Å². The lowest BCUT2D eigenvalue weighted by Gasteiger charge is -2.36. The second-order valence-corrected chi connectivity index (χ2v) is 8.73. The number of oxazole rings is 1. The highest BCUT2D eigenvalue weighted by atomic mass is 35.5. The first-order chi connectivity index (χ1) is 17.1. The van der Waals surface area contributed by atoms with E-state index >= 15 is 0 Å². The molecule has 1 aliphatic rings. The molecule has 5 rings (SSSR count). The smallest absolute Gasteiger partial charge is 0.254 e. The number of aromatic nitrogens is 1. The van der Waals surface area contributed by atoms with Gasteiger partial charge in [-0.25, -0.2) is 4.98 Å². The minimum Gasteiger partial charge on any atom is -0.494 e. The molecule has 178 valence electrons. The highest BCUT2D eigenvalue weighted by molar-refractivity contribution is 6.30. The van der Waals surface area contributed by atoms with E-state index in [4.69, 9.17) is 20.8 Å². The fraction of sp³-hybridized carbons (Fsp3) is 0.214. The van der Waals surface area contributed by atoms with Crippen LogP contribution in [0.3, 0.4) is 0 Å². The van der Waals surface area contributed by atoms with Gasteiger partial charge in [0.15, 0.2) is 5.76 Å². The number of halogens is 1. The Morgan fingerprint density at radius 2 is 1.77 bits per heavy atom. The van der Waals surface area contributed by atoms with Crippen LogP contribution in [0.15, 0.2) is 83.4 Å². The Labute approximate surface area is 209 Å². The second-order valence-electron chi connectivity index (χ2n) is 8.29. The number of ether oxygens (including phenoxy) is 1. The number of carbonyl (C=O) groups is 1. The third-order valence-electron chi connectivity index (χ3n) is 6.08. The average molecular weight is 488 g/mol. The number of hydrogen-bond acceptors (Lipinski definition) is 5. The Hall–Kier alpha value is -3.77. The summed E-state index contributed by atoms with van der Waals surface area (Å²) in [5.41, 5.74) is 3.25. The highest BCUT2D eigenvalue weighted by Crippen LogP contribution is 2.30. The summed E-state index contributed by atoms with van der Waals surface area (Å²) in [6.45, 7) is 5.32. The number of hydrogen-bond donors (Lipinski definition) is 0. The molecule has 0 N–H and O–H groups in total. The lowest BCUT2D eigenvalue weighted by atomic mass is 10.1. The van der Waals surface area contributed by atoms with Gasteiger partial charge in [-0.3, -0.25) is 4.79 Å². The molecule has 4 aromatic rings. The zero-order chi connectivity index (χ0) is 24.2. The van der Waals surface area contributed by atoms with Crippen molar-refractivity contribution in [1.29, 1.82) is 0 Å². The Bertz CT molecular complexity index is 1310. The summed E-state index contributed by atoms with van der Waals surface area (Å²) in [6.07, 6.45) is 1.69. The molecule has 0 aliphatic carbocycles. The minimum absolute atomic E-state index is 0.0211. The van der Waals surface area contributed by atoms with Crippen LogP contribution >= 0.6 is 11.6 Å². The highest BCUT2D eigenvalue weighted by Gasteiger charge is 2.25. The van der Waals surface area contributed by atoms with E-state index in [9.17, 15) is 4.79 Å². The molecule has 0 spiro atoms. The molecule has 1 aliphatic heterocycles. The van der Waals surface area contributed by atoms with Crippen molar-refractivity contribution >= 4 is 23.2 Å². The molecule has 0 bridgehead atoms. The monoisotopic (exact) mass is 487 g/mol. The fourth-order valence-corrected chi connectivity index (χ4v) is 4.47. The van der Waals surface area contributed by atoms with Gasteiger partial charge < -0.3 is 19.0 Å². The van der Waals surface area contributed by atoms with Crippen LogP contribution in [-0.4, -0.2) is 48.6 Å². The molecule has 2 heterocycles. The van der Waals surface area contributed by atoms with Crippen LogP contribution in [0, 0.1) is 0 Å². The quantitative estimate of drug-likeness (QED) is 0.332.